The Bertz CT molecular complexity index is 2180. The minimum Gasteiger partial charge on any atom is -0.496 e. The summed E-state index contributed by atoms with van der Waals surface area (Å²) in [5, 5.41) is 14.8. The molecule has 294 valence electrons. The predicted octanol–water partition coefficient (Wildman–Crippen LogP) is 6.05. The third-order valence-corrected chi connectivity index (χ3v) is 9.60. The lowest BCUT2D eigenvalue weighted by Gasteiger charge is -2.47. The first kappa shape index (κ1) is 39.0. The minimum absolute atomic E-state index is 0.0587. The number of piperidine rings is 1. The van der Waals surface area contributed by atoms with Gasteiger partial charge in [0.1, 0.15) is 23.1 Å². The summed E-state index contributed by atoms with van der Waals surface area (Å²) in [5.74, 6) is -1.22. The average Bonchev–Trinajstić information content (AvgIpc) is 3.64. The number of likely N-dealkylation sites (tertiary alicyclic amines) is 1. The molecule has 4 amide bonds. The van der Waals surface area contributed by atoms with Gasteiger partial charge in [0, 0.05) is 65.9 Å². The second-order valence-corrected chi connectivity index (χ2v) is 13.1. The molecule has 2 aliphatic rings. The zero-order valence-corrected chi connectivity index (χ0v) is 30.4. The number of fused-ring (bicyclic) bond motifs is 2. The lowest BCUT2D eigenvalue weighted by atomic mass is 9.73. The van der Waals surface area contributed by atoms with Crippen molar-refractivity contribution < 1.29 is 56.4 Å². The number of nitrogens with zero attached hydrogens (tertiary/aromatic N) is 3. The van der Waals surface area contributed by atoms with Crippen molar-refractivity contribution in [3.05, 3.63) is 89.8 Å². The molecule has 1 saturated heterocycles. The molecule has 0 bridgehead atoms. The molecule has 1 spiro atoms. The second-order valence-electron chi connectivity index (χ2n) is 13.1. The standard InChI is InChI=1S/C38H37F3N6O9/c1-5-32(48)43-27-13-22(7-8-28(27)56-38(39,40)41)34(49)45-31-14-21(9-11-42-31)26-17-24-33(44-26)37(10-6-12-46(19-37)36(51)52)20-47(35(24)50)18-25-29(54-3)15-23(53-2)16-30(25)55-4/h5,7-9,11,13-17,44H,1,6,10,12,18-20H2,2-4H3,(H,43,48)(H,51,52)(H,42,45,49). The first-order valence-corrected chi connectivity index (χ1v) is 17.1. The lowest BCUT2D eigenvalue weighted by molar-refractivity contribution is -0.274. The SMILES string of the molecule is C=CC(=O)Nc1cc(C(=O)Nc2cc(-c3cc4c([nH]3)C3(CCCN(C(=O)O)C3)CN(Cc3c(OC)cc(OC)cc3OC)C4=O)ccn2)ccc1OC(F)(F)F. The van der Waals surface area contributed by atoms with Crippen molar-refractivity contribution in [3.8, 4) is 34.3 Å². The van der Waals surface area contributed by atoms with E-state index in [4.69, 9.17) is 14.2 Å². The number of rotatable bonds is 11. The number of hydrogen-bond acceptors (Lipinski definition) is 9. The quantitative estimate of drug-likeness (QED) is 0.131. The normalized spacial score (nSPS) is 16.5. The predicted molar refractivity (Wildman–Crippen MR) is 195 cm³/mol. The van der Waals surface area contributed by atoms with Gasteiger partial charge < -0.3 is 49.5 Å². The maximum atomic E-state index is 14.3. The Kier molecular flexibility index (Phi) is 10.8. The van der Waals surface area contributed by atoms with Crippen LogP contribution in [0, 0.1) is 0 Å². The zero-order chi connectivity index (χ0) is 40.4. The first-order chi connectivity index (χ1) is 26.7. The number of hydrogen-bond donors (Lipinski definition) is 4. The van der Waals surface area contributed by atoms with Gasteiger partial charge in [0.05, 0.1) is 44.7 Å². The van der Waals surface area contributed by atoms with Crippen LogP contribution in [0.3, 0.4) is 0 Å². The summed E-state index contributed by atoms with van der Waals surface area (Å²) in [6.07, 6.45) is -2.76. The molecule has 0 radical (unpaired) electrons. The number of alkyl halides is 3. The van der Waals surface area contributed by atoms with Gasteiger partial charge in [-0.25, -0.2) is 9.78 Å². The summed E-state index contributed by atoms with van der Waals surface area (Å²) >= 11 is 0. The van der Waals surface area contributed by atoms with Crippen molar-refractivity contribution >= 4 is 35.3 Å². The fourth-order valence-corrected chi connectivity index (χ4v) is 7.09. The van der Waals surface area contributed by atoms with Crippen LogP contribution in [-0.4, -0.2) is 96.0 Å². The van der Waals surface area contributed by atoms with Crippen LogP contribution in [0.5, 0.6) is 23.0 Å². The van der Waals surface area contributed by atoms with Gasteiger partial charge in [-0.2, -0.15) is 0 Å². The largest absolute Gasteiger partial charge is 0.573 e. The van der Waals surface area contributed by atoms with E-state index in [9.17, 15) is 37.5 Å². The molecule has 0 saturated carbocycles. The van der Waals surface area contributed by atoms with Gasteiger partial charge in [-0.05, 0) is 55.3 Å². The molecular weight excluding hydrogens is 741 g/mol. The molecule has 4 heterocycles. The van der Waals surface area contributed by atoms with E-state index in [0.29, 0.717) is 64.7 Å². The smallest absolute Gasteiger partial charge is 0.496 e. The van der Waals surface area contributed by atoms with Crippen LogP contribution < -0.4 is 29.6 Å². The second kappa shape index (κ2) is 15.6. The molecule has 1 unspecified atom stereocenters. The van der Waals surface area contributed by atoms with E-state index in [1.807, 2.05) is 0 Å². The number of halogens is 3. The van der Waals surface area contributed by atoms with Crippen LogP contribution in [0.4, 0.5) is 29.5 Å². The molecule has 1 fully saturated rings. The summed E-state index contributed by atoms with van der Waals surface area (Å²) < 4.78 is 59.7. The molecule has 1 atom stereocenters. The van der Waals surface area contributed by atoms with Gasteiger partial charge >= 0.3 is 12.5 Å². The number of aromatic nitrogens is 2. The molecule has 4 aromatic rings. The molecule has 2 aliphatic heterocycles. The summed E-state index contributed by atoms with van der Waals surface area (Å²) in [6.45, 7) is 4.00. The summed E-state index contributed by atoms with van der Waals surface area (Å²) in [6, 6.07) is 11.2. The average molecular weight is 779 g/mol. The van der Waals surface area contributed by atoms with E-state index in [0.717, 1.165) is 24.3 Å². The number of aromatic amines is 1. The van der Waals surface area contributed by atoms with E-state index < -0.39 is 41.1 Å². The Morgan fingerprint density at radius 3 is 2.38 bits per heavy atom. The van der Waals surface area contributed by atoms with Gasteiger partial charge in [0.2, 0.25) is 5.91 Å². The molecule has 4 N–H and O–H groups in total. The topological polar surface area (TPSA) is 185 Å². The number of carbonyl (C=O) groups is 4. The van der Waals surface area contributed by atoms with Crippen LogP contribution in [0.1, 0.15) is 44.8 Å². The number of carboxylic acid groups (broad SMARTS) is 1. The van der Waals surface area contributed by atoms with E-state index >= 15 is 0 Å². The molecule has 56 heavy (non-hydrogen) atoms. The molecule has 2 aromatic heterocycles. The Morgan fingerprint density at radius 1 is 1.00 bits per heavy atom. The van der Waals surface area contributed by atoms with E-state index in [1.165, 1.54) is 38.5 Å². The summed E-state index contributed by atoms with van der Waals surface area (Å²) in [5.41, 5.74) is 1.15. The van der Waals surface area contributed by atoms with E-state index in [1.54, 1.807) is 29.2 Å². The first-order valence-electron chi connectivity index (χ1n) is 17.1. The number of H-pyrrole nitrogens is 1. The molecule has 6 rings (SSSR count). The number of ether oxygens (including phenoxy) is 4. The number of anilines is 2. The number of benzene rings is 2. The highest BCUT2D eigenvalue weighted by Gasteiger charge is 2.48. The highest BCUT2D eigenvalue weighted by Crippen LogP contribution is 2.44. The summed E-state index contributed by atoms with van der Waals surface area (Å²) in [7, 11) is 4.50. The highest BCUT2D eigenvalue weighted by atomic mass is 19.4. The van der Waals surface area contributed by atoms with Crippen molar-refractivity contribution in [3.63, 3.8) is 0 Å². The van der Waals surface area contributed by atoms with Crippen LogP contribution in [0.15, 0.2) is 67.4 Å². The maximum absolute atomic E-state index is 14.3. The number of methoxy groups -OCH3 is 3. The fourth-order valence-electron chi connectivity index (χ4n) is 7.09. The zero-order valence-electron chi connectivity index (χ0n) is 30.4. The molecular formula is C38H37F3N6O9. The van der Waals surface area contributed by atoms with Gasteiger partial charge in [-0.1, -0.05) is 6.58 Å². The third-order valence-electron chi connectivity index (χ3n) is 9.60. The van der Waals surface area contributed by atoms with Gasteiger partial charge in [0.25, 0.3) is 11.8 Å². The molecule has 2 aromatic carbocycles. The maximum Gasteiger partial charge on any atom is 0.573 e. The Hall–Kier alpha value is -6.72. The Morgan fingerprint density at radius 2 is 1.73 bits per heavy atom. The van der Waals surface area contributed by atoms with Gasteiger partial charge in [-0.3, -0.25) is 14.4 Å². The Labute approximate surface area is 318 Å². The van der Waals surface area contributed by atoms with Crippen molar-refractivity contribution in [2.24, 2.45) is 0 Å². The van der Waals surface area contributed by atoms with Gasteiger partial charge in [0.15, 0.2) is 5.75 Å². The number of amides is 4. The number of pyridine rings is 1. The third kappa shape index (κ3) is 8.03. The fraction of sp³-hybridized carbons (Fsp3) is 0.289. The number of carbonyl (C=O) groups excluding carboxylic acids is 3. The van der Waals surface area contributed by atoms with E-state index in [2.05, 4.69) is 31.9 Å². The van der Waals surface area contributed by atoms with Gasteiger partial charge in [-0.15, -0.1) is 13.2 Å². The van der Waals surface area contributed by atoms with Crippen molar-refractivity contribution in [2.75, 3.05) is 51.6 Å². The minimum atomic E-state index is -5.06. The Balaban J connectivity index is 1.33. The lowest BCUT2D eigenvalue weighted by Crippen LogP contribution is -2.57. The van der Waals surface area contributed by atoms with E-state index in [-0.39, 0.29) is 36.9 Å². The monoisotopic (exact) mass is 778 g/mol. The number of nitrogens with one attached hydrogen (secondary N) is 3. The molecule has 18 heteroatoms. The van der Waals surface area contributed by atoms with Crippen LogP contribution in [0.25, 0.3) is 11.3 Å². The molecule has 0 aliphatic carbocycles. The highest BCUT2D eigenvalue weighted by molar-refractivity contribution is 6.06. The van der Waals surface area contributed by atoms with Crippen molar-refractivity contribution in [1.82, 2.24) is 19.8 Å². The van der Waals surface area contributed by atoms with Crippen LogP contribution in [0.2, 0.25) is 0 Å². The molecule has 15 nitrogen and oxygen atoms in total. The summed E-state index contributed by atoms with van der Waals surface area (Å²) in [4.78, 5) is 62.3. The van der Waals surface area contributed by atoms with Crippen LogP contribution in [-0.2, 0) is 16.8 Å². The van der Waals surface area contributed by atoms with Crippen LogP contribution >= 0.6 is 0 Å². The van der Waals surface area contributed by atoms with Crippen molar-refractivity contribution in [2.45, 2.75) is 31.2 Å². The van der Waals surface area contributed by atoms with Crippen molar-refractivity contribution in [1.29, 1.82) is 0 Å².